The van der Waals surface area contributed by atoms with Crippen LogP contribution in [0.4, 0.5) is 0 Å². The molecule has 2 rings (SSSR count). The van der Waals surface area contributed by atoms with Gasteiger partial charge in [-0.3, -0.25) is 0 Å². The summed E-state index contributed by atoms with van der Waals surface area (Å²) in [5.74, 6) is 0.857. The molecule has 0 unspecified atom stereocenters. The Morgan fingerprint density at radius 3 is 3.13 bits per heavy atom. The number of hydrogen-bond donors (Lipinski definition) is 0. The molecule has 0 saturated heterocycles. The van der Waals surface area contributed by atoms with Crippen LogP contribution in [0.2, 0.25) is 0 Å². The molecule has 4 nitrogen and oxygen atoms in total. The van der Waals surface area contributed by atoms with Crippen molar-refractivity contribution in [3.63, 3.8) is 0 Å². The Hall–Kier alpha value is -1.23. The van der Waals surface area contributed by atoms with E-state index in [-0.39, 0.29) is 5.97 Å². The topological polar surface area (TPSA) is 44.8 Å². The molecule has 0 radical (unpaired) electrons. The molecule has 0 saturated carbocycles. The quantitative estimate of drug-likeness (QED) is 0.743. The first-order chi connectivity index (χ1) is 7.33. The van der Waals surface area contributed by atoms with Crippen molar-refractivity contribution in [3.05, 3.63) is 10.3 Å². The van der Waals surface area contributed by atoms with Gasteiger partial charge < -0.3 is 14.2 Å². The lowest BCUT2D eigenvalue weighted by molar-refractivity contribution is 0.0502. The predicted molar refractivity (Wildman–Crippen MR) is 55.9 cm³/mol. The monoisotopic (exact) mass is 228 g/mol. The van der Waals surface area contributed by atoms with E-state index in [1.165, 1.54) is 11.3 Å². The first-order valence-electron chi connectivity index (χ1n) is 4.87. The summed E-state index contributed by atoms with van der Waals surface area (Å²) < 4.78 is 15.8. The van der Waals surface area contributed by atoms with Gasteiger partial charge in [0.1, 0.15) is 13.2 Å². The molecule has 15 heavy (non-hydrogen) atoms. The fourth-order valence-corrected chi connectivity index (χ4v) is 2.09. The lowest BCUT2D eigenvalue weighted by Gasteiger charge is -2.15. The zero-order valence-electron chi connectivity index (χ0n) is 8.45. The molecule has 2 heterocycles. The largest absolute Gasteiger partial charge is 0.485 e. The highest BCUT2D eigenvalue weighted by atomic mass is 32.1. The lowest BCUT2D eigenvalue weighted by Crippen LogP contribution is -2.16. The van der Waals surface area contributed by atoms with E-state index >= 15 is 0 Å². The first kappa shape index (κ1) is 10.3. The lowest BCUT2D eigenvalue weighted by atomic mass is 10.4. The minimum absolute atomic E-state index is 0.325. The number of esters is 1. The summed E-state index contributed by atoms with van der Waals surface area (Å²) in [6, 6.07) is 0. The van der Waals surface area contributed by atoms with E-state index in [2.05, 4.69) is 0 Å². The van der Waals surface area contributed by atoms with Crippen LogP contribution in [-0.2, 0) is 4.74 Å². The van der Waals surface area contributed by atoms with E-state index in [0.717, 1.165) is 6.42 Å². The summed E-state index contributed by atoms with van der Waals surface area (Å²) in [5.41, 5.74) is 0. The standard InChI is InChI=1S/C10H12O4S/c1-2-3-14-10(11)9-8-7(6-15-9)12-4-5-13-8/h6H,2-5H2,1H3. The van der Waals surface area contributed by atoms with Crippen LogP contribution < -0.4 is 9.47 Å². The summed E-state index contributed by atoms with van der Waals surface area (Å²) in [5, 5.41) is 1.77. The summed E-state index contributed by atoms with van der Waals surface area (Å²) in [6.45, 7) is 3.41. The predicted octanol–water partition coefficient (Wildman–Crippen LogP) is 2.09. The average Bonchev–Trinajstić information content (AvgIpc) is 2.69. The molecular formula is C10H12O4S. The Labute approximate surface area is 91.8 Å². The minimum Gasteiger partial charge on any atom is -0.485 e. The van der Waals surface area contributed by atoms with E-state index in [0.29, 0.717) is 36.2 Å². The molecule has 0 spiro atoms. The van der Waals surface area contributed by atoms with Gasteiger partial charge in [0, 0.05) is 5.38 Å². The summed E-state index contributed by atoms with van der Waals surface area (Å²) in [7, 11) is 0. The number of carbonyl (C=O) groups excluding carboxylic acids is 1. The molecule has 1 aromatic rings. The minimum atomic E-state index is -0.325. The number of fused-ring (bicyclic) bond motifs is 1. The molecule has 1 aromatic heterocycles. The zero-order chi connectivity index (χ0) is 10.7. The fraction of sp³-hybridized carbons (Fsp3) is 0.500. The normalized spacial score (nSPS) is 13.7. The molecule has 1 aliphatic heterocycles. The van der Waals surface area contributed by atoms with Crippen LogP contribution in [0.25, 0.3) is 0 Å². The molecule has 5 heteroatoms. The molecule has 0 N–H and O–H groups in total. The third-order valence-electron chi connectivity index (χ3n) is 1.92. The Kier molecular flexibility index (Phi) is 3.11. The smallest absolute Gasteiger partial charge is 0.352 e. The van der Waals surface area contributed by atoms with E-state index in [4.69, 9.17) is 14.2 Å². The number of carbonyl (C=O) groups is 1. The number of ether oxygens (including phenoxy) is 3. The van der Waals surface area contributed by atoms with Crippen molar-refractivity contribution in [2.45, 2.75) is 13.3 Å². The Morgan fingerprint density at radius 1 is 1.53 bits per heavy atom. The maximum absolute atomic E-state index is 11.6. The summed E-state index contributed by atoms with van der Waals surface area (Å²) in [6.07, 6.45) is 0.816. The van der Waals surface area contributed by atoms with Gasteiger partial charge in [-0.15, -0.1) is 11.3 Å². The number of thiophene rings is 1. The molecule has 0 aliphatic carbocycles. The van der Waals surface area contributed by atoms with Gasteiger partial charge in [0.15, 0.2) is 16.4 Å². The van der Waals surface area contributed by atoms with Crippen LogP contribution in [-0.4, -0.2) is 25.8 Å². The van der Waals surface area contributed by atoms with E-state index < -0.39 is 0 Å². The van der Waals surface area contributed by atoms with Crippen LogP contribution in [0.5, 0.6) is 11.5 Å². The fourth-order valence-electron chi connectivity index (χ4n) is 1.26. The molecule has 0 amide bonds. The Bertz CT molecular complexity index is 358. The molecule has 82 valence electrons. The van der Waals surface area contributed by atoms with Gasteiger partial charge in [0.05, 0.1) is 6.61 Å². The van der Waals surface area contributed by atoms with Gasteiger partial charge in [0.2, 0.25) is 0 Å². The van der Waals surface area contributed by atoms with Crippen LogP contribution in [0.1, 0.15) is 23.0 Å². The van der Waals surface area contributed by atoms with E-state index in [1.807, 2.05) is 6.92 Å². The molecule has 0 aromatic carbocycles. The van der Waals surface area contributed by atoms with Gasteiger partial charge in [-0.1, -0.05) is 6.92 Å². The van der Waals surface area contributed by atoms with Gasteiger partial charge >= 0.3 is 5.97 Å². The highest BCUT2D eigenvalue weighted by Crippen LogP contribution is 2.39. The third kappa shape index (κ3) is 2.07. The van der Waals surface area contributed by atoms with Crippen molar-refractivity contribution in [2.75, 3.05) is 19.8 Å². The maximum atomic E-state index is 11.6. The zero-order valence-corrected chi connectivity index (χ0v) is 9.26. The highest BCUT2D eigenvalue weighted by Gasteiger charge is 2.24. The van der Waals surface area contributed by atoms with Gasteiger partial charge in [-0.25, -0.2) is 4.79 Å². The second-order valence-electron chi connectivity index (χ2n) is 3.09. The second kappa shape index (κ2) is 4.53. The second-order valence-corrected chi connectivity index (χ2v) is 3.97. The SMILES string of the molecule is CCCOC(=O)c1scc2c1OCCO2. The van der Waals surface area contributed by atoms with Crippen molar-refractivity contribution < 1.29 is 19.0 Å². The Balaban J connectivity index is 2.14. The van der Waals surface area contributed by atoms with Gasteiger partial charge in [-0.05, 0) is 6.42 Å². The number of rotatable bonds is 3. The molecule has 0 fully saturated rings. The Morgan fingerprint density at radius 2 is 2.33 bits per heavy atom. The van der Waals surface area contributed by atoms with Crippen LogP contribution in [0, 0.1) is 0 Å². The van der Waals surface area contributed by atoms with Crippen molar-refractivity contribution in [3.8, 4) is 11.5 Å². The third-order valence-corrected chi connectivity index (χ3v) is 2.84. The average molecular weight is 228 g/mol. The van der Waals surface area contributed by atoms with E-state index in [9.17, 15) is 4.79 Å². The first-order valence-corrected chi connectivity index (χ1v) is 5.75. The van der Waals surface area contributed by atoms with Gasteiger partial charge in [-0.2, -0.15) is 0 Å². The number of hydrogen-bond acceptors (Lipinski definition) is 5. The van der Waals surface area contributed by atoms with Crippen LogP contribution in [0.3, 0.4) is 0 Å². The van der Waals surface area contributed by atoms with Crippen LogP contribution in [0.15, 0.2) is 5.38 Å². The van der Waals surface area contributed by atoms with Gasteiger partial charge in [0.25, 0.3) is 0 Å². The molecule has 0 bridgehead atoms. The van der Waals surface area contributed by atoms with Crippen molar-refractivity contribution in [1.82, 2.24) is 0 Å². The van der Waals surface area contributed by atoms with Crippen molar-refractivity contribution >= 4 is 17.3 Å². The summed E-state index contributed by atoms with van der Waals surface area (Å²) >= 11 is 1.30. The highest BCUT2D eigenvalue weighted by molar-refractivity contribution is 7.12. The molecule has 1 aliphatic rings. The molecule has 0 atom stereocenters. The molecular weight excluding hydrogens is 216 g/mol. The van der Waals surface area contributed by atoms with E-state index in [1.54, 1.807) is 5.38 Å². The van der Waals surface area contributed by atoms with Crippen molar-refractivity contribution in [1.29, 1.82) is 0 Å². The van der Waals surface area contributed by atoms with Crippen molar-refractivity contribution in [2.24, 2.45) is 0 Å². The summed E-state index contributed by atoms with van der Waals surface area (Å²) in [4.78, 5) is 12.1. The van der Waals surface area contributed by atoms with Crippen LogP contribution >= 0.6 is 11.3 Å². The maximum Gasteiger partial charge on any atom is 0.352 e.